The minimum atomic E-state index is -0.660. The molecule has 0 fully saturated rings. The molecule has 9 heteroatoms. The number of esters is 1. The summed E-state index contributed by atoms with van der Waals surface area (Å²) in [6.45, 7) is 10.9. The van der Waals surface area contributed by atoms with E-state index in [0.717, 1.165) is 12.2 Å². The van der Waals surface area contributed by atoms with Gasteiger partial charge in [-0.05, 0) is 68.1 Å². The molecule has 1 aliphatic rings. The summed E-state index contributed by atoms with van der Waals surface area (Å²) in [4.78, 5) is 39.9. The molecule has 0 radical (unpaired) electrons. The summed E-state index contributed by atoms with van der Waals surface area (Å²) in [5.41, 5.74) is 2.89. The fraction of sp³-hybridized carbons (Fsp3) is 0.393. The number of allylic oxidation sites excluding steroid dienone is 1. The number of urea groups is 2. The highest BCUT2D eigenvalue weighted by molar-refractivity contribution is 6.00. The van der Waals surface area contributed by atoms with E-state index in [9.17, 15) is 14.4 Å². The Labute approximate surface area is 218 Å². The number of rotatable bonds is 10. The smallest absolute Gasteiger partial charge is 0.338 e. The number of anilines is 2. The number of nitrogens with one attached hydrogen (secondary N) is 3. The fourth-order valence-electron chi connectivity index (χ4n) is 3.96. The molecule has 9 nitrogen and oxygen atoms in total. The van der Waals surface area contributed by atoms with Crippen LogP contribution in [0.5, 0.6) is 5.75 Å². The van der Waals surface area contributed by atoms with Gasteiger partial charge in [0.2, 0.25) is 0 Å². The van der Waals surface area contributed by atoms with E-state index in [4.69, 9.17) is 9.47 Å². The van der Waals surface area contributed by atoms with Gasteiger partial charge in [0.05, 0.1) is 24.8 Å². The van der Waals surface area contributed by atoms with Crippen molar-refractivity contribution in [2.45, 2.75) is 47.1 Å². The molecule has 4 amide bonds. The molecular formula is C28H36N4O5. The zero-order valence-electron chi connectivity index (χ0n) is 22.1. The summed E-state index contributed by atoms with van der Waals surface area (Å²) in [5, 5.41) is 8.50. The number of hydrogen-bond donors (Lipinski definition) is 3. The minimum Gasteiger partial charge on any atom is -0.494 e. The average Bonchev–Trinajstić information content (AvgIpc) is 2.86. The van der Waals surface area contributed by atoms with Crippen molar-refractivity contribution in [3.63, 3.8) is 0 Å². The van der Waals surface area contributed by atoms with Crippen LogP contribution in [0.15, 0.2) is 59.8 Å². The Morgan fingerprint density at radius 3 is 2.14 bits per heavy atom. The molecule has 3 rings (SSSR count). The zero-order valence-corrected chi connectivity index (χ0v) is 22.1. The Morgan fingerprint density at radius 1 is 1.00 bits per heavy atom. The third-order valence-corrected chi connectivity index (χ3v) is 5.74. The SMILES string of the molecule is CCCN1C(=O)N[C@H](c2ccc(NC(=O)Nc3ccc(OCC)cc3)cc2)C(C(=O)OCC(C)C)=C1C. The molecule has 0 aliphatic carbocycles. The number of nitrogens with zero attached hydrogens (tertiary/aromatic N) is 1. The molecule has 0 saturated heterocycles. The summed E-state index contributed by atoms with van der Waals surface area (Å²) in [7, 11) is 0. The second-order valence-electron chi connectivity index (χ2n) is 9.18. The number of hydrogen-bond acceptors (Lipinski definition) is 5. The maximum absolute atomic E-state index is 13.1. The van der Waals surface area contributed by atoms with Crippen molar-refractivity contribution >= 4 is 29.4 Å². The first-order valence-electron chi connectivity index (χ1n) is 12.6. The Balaban J connectivity index is 1.75. The number of ether oxygens (including phenoxy) is 2. The molecule has 1 heterocycles. The van der Waals surface area contributed by atoms with E-state index in [1.165, 1.54) is 0 Å². The minimum absolute atomic E-state index is 0.187. The van der Waals surface area contributed by atoms with Gasteiger partial charge in [-0.25, -0.2) is 14.4 Å². The quantitative estimate of drug-likeness (QED) is 0.358. The molecule has 1 aliphatic heterocycles. The van der Waals surface area contributed by atoms with Crippen LogP contribution >= 0.6 is 0 Å². The van der Waals surface area contributed by atoms with Gasteiger partial charge in [-0.3, -0.25) is 4.90 Å². The van der Waals surface area contributed by atoms with Gasteiger partial charge in [-0.2, -0.15) is 0 Å². The summed E-state index contributed by atoms with van der Waals surface area (Å²) >= 11 is 0. The lowest BCUT2D eigenvalue weighted by Crippen LogP contribution is -2.48. The summed E-state index contributed by atoms with van der Waals surface area (Å²) < 4.78 is 10.9. The molecule has 0 aromatic heterocycles. The predicted octanol–water partition coefficient (Wildman–Crippen LogP) is 5.68. The first kappa shape index (κ1) is 27.6. The van der Waals surface area contributed by atoms with E-state index in [0.29, 0.717) is 41.4 Å². The maximum atomic E-state index is 13.1. The molecule has 2 aromatic carbocycles. The lowest BCUT2D eigenvalue weighted by atomic mass is 9.94. The predicted molar refractivity (Wildman–Crippen MR) is 143 cm³/mol. The van der Waals surface area contributed by atoms with Gasteiger partial charge in [0.1, 0.15) is 5.75 Å². The van der Waals surface area contributed by atoms with E-state index >= 15 is 0 Å². The van der Waals surface area contributed by atoms with Crippen molar-refractivity contribution in [3.05, 3.63) is 65.4 Å². The third kappa shape index (κ3) is 7.25. The van der Waals surface area contributed by atoms with Gasteiger partial charge < -0.3 is 25.4 Å². The van der Waals surface area contributed by atoms with Gasteiger partial charge in [-0.1, -0.05) is 32.9 Å². The highest BCUT2D eigenvalue weighted by Crippen LogP contribution is 2.32. The molecule has 0 unspecified atom stereocenters. The van der Waals surface area contributed by atoms with Crippen LogP contribution in [0, 0.1) is 5.92 Å². The normalized spacial score (nSPS) is 15.4. The van der Waals surface area contributed by atoms with Crippen LogP contribution in [0.2, 0.25) is 0 Å². The van der Waals surface area contributed by atoms with Crippen molar-refractivity contribution in [1.29, 1.82) is 0 Å². The standard InChI is InChI=1S/C28H36N4O5/c1-6-16-32-19(5)24(26(33)37-17-18(3)4)25(31-28(32)35)20-8-10-21(11-9-20)29-27(34)30-22-12-14-23(15-13-22)36-7-2/h8-15,18,25H,6-7,16-17H2,1-5H3,(H,31,35)(H2,29,30,34)/t25-/m1/s1. The molecule has 0 saturated carbocycles. The lowest BCUT2D eigenvalue weighted by molar-refractivity contribution is -0.140. The fourth-order valence-corrected chi connectivity index (χ4v) is 3.96. The molecule has 0 bridgehead atoms. The second-order valence-corrected chi connectivity index (χ2v) is 9.18. The Kier molecular flexibility index (Phi) is 9.54. The lowest BCUT2D eigenvalue weighted by Gasteiger charge is -2.35. The van der Waals surface area contributed by atoms with Crippen molar-refractivity contribution in [2.75, 3.05) is 30.4 Å². The molecule has 0 spiro atoms. The molecule has 37 heavy (non-hydrogen) atoms. The van der Waals surface area contributed by atoms with Crippen molar-refractivity contribution in [1.82, 2.24) is 10.2 Å². The number of amides is 4. The highest BCUT2D eigenvalue weighted by atomic mass is 16.5. The molecular weight excluding hydrogens is 472 g/mol. The molecule has 198 valence electrons. The largest absolute Gasteiger partial charge is 0.494 e. The second kappa shape index (κ2) is 12.8. The van der Waals surface area contributed by atoms with Crippen LogP contribution in [0.25, 0.3) is 0 Å². The highest BCUT2D eigenvalue weighted by Gasteiger charge is 2.36. The maximum Gasteiger partial charge on any atom is 0.338 e. The summed E-state index contributed by atoms with van der Waals surface area (Å²) in [6, 6.07) is 12.8. The first-order valence-corrected chi connectivity index (χ1v) is 12.6. The van der Waals surface area contributed by atoms with E-state index in [1.807, 2.05) is 27.7 Å². The van der Waals surface area contributed by atoms with E-state index < -0.39 is 18.0 Å². The van der Waals surface area contributed by atoms with Crippen molar-refractivity contribution < 1.29 is 23.9 Å². The first-order chi connectivity index (χ1) is 17.7. The van der Waals surface area contributed by atoms with E-state index in [2.05, 4.69) is 16.0 Å². The van der Waals surface area contributed by atoms with Crippen LogP contribution in [0.1, 0.15) is 52.6 Å². The summed E-state index contributed by atoms with van der Waals surface area (Å²) in [6.07, 6.45) is 0.753. The van der Waals surface area contributed by atoms with Crippen LogP contribution in [-0.4, -0.2) is 42.7 Å². The van der Waals surface area contributed by atoms with Gasteiger partial charge in [-0.15, -0.1) is 0 Å². The molecule has 3 N–H and O–H groups in total. The van der Waals surface area contributed by atoms with Crippen molar-refractivity contribution in [3.8, 4) is 5.75 Å². The average molecular weight is 509 g/mol. The van der Waals surface area contributed by atoms with Crippen LogP contribution in [0.3, 0.4) is 0 Å². The van der Waals surface area contributed by atoms with E-state index in [-0.39, 0.29) is 18.6 Å². The van der Waals surface area contributed by atoms with Crippen LogP contribution < -0.4 is 20.7 Å². The van der Waals surface area contributed by atoms with Crippen molar-refractivity contribution in [2.24, 2.45) is 5.92 Å². The topological polar surface area (TPSA) is 109 Å². The van der Waals surface area contributed by atoms with Crippen LogP contribution in [0.4, 0.5) is 21.0 Å². The van der Waals surface area contributed by atoms with Gasteiger partial charge in [0.15, 0.2) is 0 Å². The molecule has 2 aromatic rings. The summed E-state index contributed by atoms with van der Waals surface area (Å²) in [5.74, 6) is 0.468. The van der Waals surface area contributed by atoms with Gasteiger partial charge in [0, 0.05) is 23.6 Å². The van der Waals surface area contributed by atoms with E-state index in [1.54, 1.807) is 60.4 Å². The zero-order chi connectivity index (χ0) is 26.9. The van der Waals surface area contributed by atoms with Crippen LogP contribution in [-0.2, 0) is 9.53 Å². The Bertz CT molecular complexity index is 1130. The molecule has 1 atom stereocenters. The monoisotopic (exact) mass is 508 g/mol. The third-order valence-electron chi connectivity index (χ3n) is 5.74. The number of benzene rings is 2. The van der Waals surface area contributed by atoms with Gasteiger partial charge in [0.25, 0.3) is 0 Å². The number of carbonyl (C=O) groups is 3. The number of carbonyl (C=O) groups excluding carboxylic acids is 3. The van der Waals surface area contributed by atoms with Gasteiger partial charge >= 0.3 is 18.0 Å². The Hall–Kier alpha value is -4.01. The Morgan fingerprint density at radius 2 is 1.59 bits per heavy atom.